The molecule has 100 valence electrons. The molecule has 6 heteroatoms. The lowest BCUT2D eigenvalue weighted by Gasteiger charge is -2.12. The van der Waals surface area contributed by atoms with Gasteiger partial charge in [0.15, 0.2) is 10.6 Å². The van der Waals surface area contributed by atoms with Crippen molar-refractivity contribution in [3.63, 3.8) is 0 Å². The summed E-state index contributed by atoms with van der Waals surface area (Å²) < 4.78 is 8.23. The third kappa shape index (κ3) is 2.59. The number of halogens is 1. The Bertz CT molecular complexity index is 631. The molecule has 1 N–H and O–H groups in total. The lowest BCUT2D eigenvalue weighted by Crippen LogP contribution is -2.16. The molecule has 2 heterocycles. The summed E-state index contributed by atoms with van der Waals surface area (Å²) in [6.07, 6.45) is 2.39. The molecular weight excluding hydrogens is 282 g/mol. The summed E-state index contributed by atoms with van der Waals surface area (Å²) >= 11 is 11.5. The predicted octanol–water partition coefficient (Wildman–Crippen LogP) is 3.44. The van der Waals surface area contributed by atoms with Crippen molar-refractivity contribution in [2.45, 2.75) is 25.5 Å². The molecule has 0 bridgehead atoms. The molecule has 2 aromatic rings. The van der Waals surface area contributed by atoms with Crippen LogP contribution in [0.5, 0.6) is 0 Å². The van der Waals surface area contributed by atoms with Gasteiger partial charge in [0.05, 0.1) is 17.7 Å². The van der Waals surface area contributed by atoms with Crippen LogP contribution in [0.25, 0.3) is 11.4 Å². The van der Waals surface area contributed by atoms with Gasteiger partial charge in [-0.1, -0.05) is 23.7 Å². The number of nitrogens with zero attached hydrogens (tertiary/aromatic N) is 2. The van der Waals surface area contributed by atoms with Gasteiger partial charge in [0.2, 0.25) is 0 Å². The Morgan fingerprint density at radius 1 is 1.47 bits per heavy atom. The second-order valence-corrected chi connectivity index (χ2v) is 5.37. The second kappa shape index (κ2) is 5.45. The summed E-state index contributed by atoms with van der Waals surface area (Å²) in [7, 11) is 0. The average molecular weight is 296 g/mol. The standard InChI is InChI=1S/C13H14ClN3OS/c14-11-6-2-1-5-10(11)12-15-16-13(19)17(12)8-9-4-3-7-18-9/h1-2,5-6,9H,3-4,7-8H2,(H,16,19)/t9-/m1/s1. The summed E-state index contributed by atoms with van der Waals surface area (Å²) in [5, 5.41) is 7.80. The minimum atomic E-state index is 0.213. The maximum atomic E-state index is 6.22. The van der Waals surface area contributed by atoms with E-state index in [1.165, 1.54) is 0 Å². The number of hydrogen-bond donors (Lipinski definition) is 1. The molecule has 1 aliphatic heterocycles. The normalized spacial score (nSPS) is 18.9. The van der Waals surface area contributed by atoms with Crippen LogP contribution < -0.4 is 0 Å². The number of H-pyrrole nitrogens is 1. The highest BCUT2D eigenvalue weighted by Crippen LogP contribution is 2.27. The van der Waals surface area contributed by atoms with Gasteiger partial charge in [0.25, 0.3) is 0 Å². The predicted molar refractivity (Wildman–Crippen MR) is 76.8 cm³/mol. The van der Waals surface area contributed by atoms with Crippen LogP contribution in [0, 0.1) is 4.77 Å². The second-order valence-electron chi connectivity index (χ2n) is 4.58. The van der Waals surface area contributed by atoms with Crippen molar-refractivity contribution in [2.75, 3.05) is 6.61 Å². The summed E-state index contributed by atoms with van der Waals surface area (Å²) in [5.41, 5.74) is 0.884. The maximum Gasteiger partial charge on any atom is 0.195 e. The summed E-state index contributed by atoms with van der Waals surface area (Å²) in [5.74, 6) is 0.770. The van der Waals surface area contributed by atoms with Gasteiger partial charge in [-0.15, -0.1) is 0 Å². The van der Waals surface area contributed by atoms with E-state index in [0.717, 1.165) is 37.4 Å². The third-order valence-corrected chi connectivity index (χ3v) is 3.92. The fourth-order valence-electron chi connectivity index (χ4n) is 2.33. The quantitative estimate of drug-likeness (QED) is 0.882. The van der Waals surface area contributed by atoms with E-state index in [1.54, 1.807) is 0 Å². The van der Waals surface area contributed by atoms with Crippen LogP contribution in [0.1, 0.15) is 12.8 Å². The van der Waals surface area contributed by atoms with Crippen molar-refractivity contribution in [1.82, 2.24) is 14.8 Å². The van der Waals surface area contributed by atoms with E-state index in [9.17, 15) is 0 Å². The van der Waals surface area contributed by atoms with Gasteiger partial charge in [-0.3, -0.25) is 9.67 Å². The van der Waals surface area contributed by atoms with Gasteiger partial charge in [0, 0.05) is 12.2 Å². The van der Waals surface area contributed by atoms with E-state index >= 15 is 0 Å². The number of benzene rings is 1. The highest BCUT2D eigenvalue weighted by molar-refractivity contribution is 7.71. The first kappa shape index (κ1) is 12.8. The number of aromatic amines is 1. The van der Waals surface area contributed by atoms with Crippen LogP contribution in [0.3, 0.4) is 0 Å². The van der Waals surface area contributed by atoms with Crippen LogP contribution in [-0.4, -0.2) is 27.5 Å². The van der Waals surface area contributed by atoms with Crippen LogP contribution in [0.2, 0.25) is 5.02 Å². The smallest absolute Gasteiger partial charge is 0.195 e. The fraction of sp³-hybridized carbons (Fsp3) is 0.385. The van der Waals surface area contributed by atoms with Crippen LogP contribution in [0.15, 0.2) is 24.3 Å². The van der Waals surface area contributed by atoms with Crippen LogP contribution >= 0.6 is 23.8 Å². The first-order valence-electron chi connectivity index (χ1n) is 6.27. The summed E-state index contributed by atoms with van der Waals surface area (Å²) in [6, 6.07) is 7.64. The molecule has 0 aliphatic carbocycles. The molecule has 19 heavy (non-hydrogen) atoms. The summed E-state index contributed by atoms with van der Waals surface area (Å²) in [6.45, 7) is 1.55. The van der Waals surface area contributed by atoms with Gasteiger partial charge < -0.3 is 4.74 Å². The lowest BCUT2D eigenvalue weighted by molar-refractivity contribution is 0.0970. The van der Waals surface area contributed by atoms with Crippen molar-refractivity contribution in [3.8, 4) is 11.4 Å². The Kier molecular flexibility index (Phi) is 3.68. The minimum Gasteiger partial charge on any atom is -0.376 e. The highest BCUT2D eigenvalue weighted by atomic mass is 35.5. The van der Waals surface area contributed by atoms with Gasteiger partial charge in [-0.25, -0.2) is 0 Å². The zero-order valence-electron chi connectivity index (χ0n) is 10.3. The van der Waals surface area contributed by atoms with Gasteiger partial charge in [-0.2, -0.15) is 5.10 Å². The molecule has 1 aromatic heterocycles. The molecule has 0 amide bonds. The first-order valence-corrected chi connectivity index (χ1v) is 7.06. The van der Waals surface area contributed by atoms with E-state index in [2.05, 4.69) is 10.2 Å². The van der Waals surface area contributed by atoms with Crippen molar-refractivity contribution in [2.24, 2.45) is 0 Å². The third-order valence-electron chi connectivity index (χ3n) is 3.28. The summed E-state index contributed by atoms with van der Waals surface area (Å²) in [4.78, 5) is 0. The molecule has 0 radical (unpaired) electrons. The van der Waals surface area contributed by atoms with Gasteiger partial charge in [0.1, 0.15) is 0 Å². The zero-order chi connectivity index (χ0) is 13.2. The van der Waals surface area contributed by atoms with E-state index in [0.29, 0.717) is 9.79 Å². The molecule has 1 saturated heterocycles. The Morgan fingerprint density at radius 2 is 2.32 bits per heavy atom. The Hall–Kier alpha value is -1.17. The minimum absolute atomic E-state index is 0.213. The molecule has 1 atom stereocenters. The van der Waals surface area contributed by atoms with Crippen LogP contribution in [0.4, 0.5) is 0 Å². The molecule has 3 rings (SSSR count). The largest absolute Gasteiger partial charge is 0.376 e. The molecule has 1 aromatic carbocycles. The van der Waals surface area contributed by atoms with Crippen molar-refractivity contribution in [1.29, 1.82) is 0 Å². The first-order chi connectivity index (χ1) is 9.25. The SMILES string of the molecule is S=c1[nH]nc(-c2ccccc2Cl)n1C[C@H]1CCCO1. The average Bonchev–Trinajstić information content (AvgIpc) is 3.03. The molecular formula is C13H14ClN3OS. The number of aromatic nitrogens is 3. The molecule has 1 aliphatic rings. The number of hydrogen-bond acceptors (Lipinski definition) is 3. The van der Waals surface area contributed by atoms with Crippen molar-refractivity contribution < 1.29 is 4.74 Å². The van der Waals surface area contributed by atoms with E-state index in [4.69, 9.17) is 28.6 Å². The van der Waals surface area contributed by atoms with Gasteiger partial charge >= 0.3 is 0 Å². The highest BCUT2D eigenvalue weighted by Gasteiger charge is 2.19. The maximum absolute atomic E-state index is 6.22. The molecule has 4 nitrogen and oxygen atoms in total. The van der Waals surface area contributed by atoms with Crippen LogP contribution in [-0.2, 0) is 11.3 Å². The number of rotatable bonds is 3. The Balaban J connectivity index is 1.98. The topological polar surface area (TPSA) is 42.8 Å². The Morgan fingerprint density at radius 3 is 3.05 bits per heavy atom. The molecule has 1 fully saturated rings. The van der Waals surface area contributed by atoms with Crippen molar-refractivity contribution >= 4 is 23.8 Å². The monoisotopic (exact) mass is 295 g/mol. The fourth-order valence-corrected chi connectivity index (χ4v) is 2.75. The number of nitrogens with one attached hydrogen (secondary N) is 1. The van der Waals surface area contributed by atoms with Gasteiger partial charge in [-0.05, 0) is 37.2 Å². The Labute approximate surface area is 121 Å². The number of ether oxygens (including phenoxy) is 1. The molecule has 0 spiro atoms. The lowest BCUT2D eigenvalue weighted by atomic mass is 10.2. The zero-order valence-corrected chi connectivity index (χ0v) is 11.9. The van der Waals surface area contributed by atoms with E-state index in [-0.39, 0.29) is 6.10 Å². The van der Waals surface area contributed by atoms with E-state index < -0.39 is 0 Å². The van der Waals surface area contributed by atoms with E-state index in [1.807, 2.05) is 28.8 Å². The van der Waals surface area contributed by atoms with Crippen molar-refractivity contribution in [3.05, 3.63) is 34.1 Å². The molecule has 0 unspecified atom stereocenters. The molecule has 0 saturated carbocycles.